The number of carbonyl (C=O) groups is 2. The Balaban J connectivity index is 2.25. The molecule has 0 spiro atoms. The third kappa shape index (κ3) is 5.28. The smallest absolute Gasteiger partial charge is 0.408 e. The van der Waals surface area contributed by atoms with Crippen molar-refractivity contribution in [2.75, 3.05) is 6.54 Å². The van der Waals surface area contributed by atoms with E-state index in [1.807, 2.05) is 20.8 Å². The second-order valence-electron chi connectivity index (χ2n) is 8.35. The molecule has 2 amide bonds. The summed E-state index contributed by atoms with van der Waals surface area (Å²) in [6.45, 7) is 5.92. The molecule has 1 aromatic carbocycles. The van der Waals surface area contributed by atoms with E-state index in [0.717, 1.165) is 12.1 Å². The fourth-order valence-corrected chi connectivity index (χ4v) is 4.27. The number of ether oxygens (including phenoxy) is 2. The number of fused-ring (bicyclic) bond motifs is 1. The maximum Gasteiger partial charge on any atom is 0.573 e. The molecule has 1 unspecified atom stereocenters. The molecule has 9 nitrogen and oxygen atoms in total. The SMILES string of the molecule is CC(C)(C)C1c2c(OC(N)=O)c(-c3cccc(OC(F)(F)F)c3)c(Cl)n2CCN1OC(N)=O. The van der Waals surface area contributed by atoms with E-state index < -0.39 is 35.8 Å². The Hall–Kier alpha value is -3.12. The van der Waals surface area contributed by atoms with Gasteiger partial charge >= 0.3 is 18.5 Å². The van der Waals surface area contributed by atoms with Gasteiger partial charge in [-0.05, 0) is 23.1 Å². The van der Waals surface area contributed by atoms with Gasteiger partial charge in [-0.15, -0.1) is 18.2 Å². The van der Waals surface area contributed by atoms with Gasteiger partial charge in [-0.2, -0.15) is 0 Å². The van der Waals surface area contributed by atoms with Crippen LogP contribution in [0.25, 0.3) is 11.1 Å². The summed E-state index contributed by atoms with van der Waals surface area (Å²) in [5, 5.41) is 1.44. The van der Waals surface area contributed by atoms with E-state index in [9.17, 15) is 22.8 Å². The van der Waals surface area contributed by atoms with E-state index in [4.69, 9.17) is 32.6 Å². The van der Waals surface area contributed by atoms with Gasteiger partial charge in [0, 0.05) is 6.54 Å². The summed E-state index contributed by atoms with van der Waals surface area (Å²) in [6.07, 6.45) is -7.10. The Labute approximate surface area is 191 Å². The van der Waals surface area contributed by atoms with Crippen molar-refractivity contribution in [2.24, 2.45) is 16.9 Å². The van der Waals surface area contributed by atoms with Crippen LogP contribution >= 0.6 is 11.6 Å². The minimum atomic E-state index is -4.90. The summed E-state index contributed by atoms with van der Waals surface area (Å²) >= 11 is 6.64. The van der Waals surface area contributed by atoms with Crippen LogP contribution in [-0.4, -0.2) is 34.7 Å². The summed E-state index contributed by atoms with van der Waals surface area (Å²) < 4.78 is 49.1. The summed E-state index contributed by atoms with van der Waals surface area (Å²) in [5.41, 5.74) is 10.6. The number of hydrogen-bond acceptors (Lipinski definition) is 6. The molecule has 0 radical (unpaired) electrons. The van der Waals surface area contributed by atoms with Crippen LogP contribution in [0, 0.1) is 5.41 Å². The number of rotatable bonds is 4. The molecule has 0 saturated carbocycles. The Morgan fingerprint density at radius 2 is 1.79 bits per heavy atom. The minimum absolute atomic E-state index is 0.0747. The fraction of sp³-hybridized carbons (Fsp3) is 0.400. The maximum atomic E-state index is 12.7. The van der Waals surface area contributed by atoms with Crippen LogP contribution in [0.3, 0.4) is 0 Å². The molecule has 1 aromatic heterocycles. The van der Waals surface area contributed by atoms with E-state index in [2.05, 4.69) is 4.74 Å². The molecule has 33 heavy (non-hydrogen) atoms. The van der Waals surface area contributed by atoms with E-state index in [-0.39, 0.29) is 35.1 Å². The highest BCUT2D eigenvalue weighted by molar-refractivity contribution is 6.33. The number of primary amides is 2. The van der Waals surface area contributed by atoms with Gasteiger partial charge in [-0.25, -0.2) is 9.59 Å². The predicted octanol–water partition coefficient (Wildman–Crippen LogP) is 4.58. The van der Waals surface area contributed by atoms with Crippen molar-refractivity contribution in [3.63, 3.8) is 0 Å². The molecule has 0 aliphatic carbocycles. The minimum Gasteiger partial charge on any atom is -0.408 e. The van der Waals surface area contributed by atoms with Gasteiger partial charge in [0.05, 0.1) is 23.8 Å². The van der Waals surface area contributed by atoms with Crippen molar-refractivity contribution in [3.8, 4) is 22.6 Å². The van der Waals surface area contributed by atoms with Crippen molar-refractivity contribution in [2.45, 2.75) is 39.7 Å². The van der Waals surface area contributed by atoms with E-state index in [1.54, 1.807) is 4.57 Å². The molecule has 0 fully saturated rings. The first-order valence-electron chi connectivity index (χ1n) is 9.68. The summed E-state index contributed by atoms with van der Waals surface area (Å²) in [5.74, 6) is -0.564. The number of carbonyl (C=O) groups excluding carboxylic acids is 2. The molecule has 2 heterocycles. The highest BCUT2D eigenvalue weighted by atomic mass is 35.5. The number of benzene rings is 1. The third-order valence-electron chi connectivity index (χ3n) is 4.87. The first kappa shape index (κ1) is 24.5. The maximum absolute atomic E-state index is 12.7. The number of halogens is 4. The standard InChI is InChI=1S/C20H22ClF3N4O5/c1-19(2,3)15-13-14(31-17(25)29)12(10-5-4-6-11(9-10)32-20(22,23)24)16(21)27(13)7-8-28(15)33-18(26)30/h4-6,9,15H,7-8H2,1-3H3,(H2,25,29)(H2,26,30). The number of nitrogens with two attached hydrogens (primary N) is 2. The largest absolute Gasteiger partial charge is 0.573 e. The predicted molar refractivity (Wildman–Crippen MR) is 111 cm³/mol. The van der Waals surface area contributed by atoms with Crippen LogP contribution in [0.1, 0.15) is 32.5 Å². The van der Waals surface area contributed by atoms with Crippen molar-refractivity contribution in [1.29, 1.82) is 0 Å². The van der Waals surface area contributed by atoms with Gasteiger partial charge in [0.25, 0.3) is 0 Å². The zero-order valence-electron chi connectivity index (χ0n) is 17.9. The van der Waals surface area contributed by atoms with Crippen molar-refractivity contribution < 1.29 is 37.1 Å². The molecule has 3 rings (SSSR count). The molecule has 180 valence electrons. The number of hydroxylamine groups is 2. The number of nitrogens with zero attached hydrogens (tertiary/aromatic N) is 2. The van der Waals surface area contributed by atoms with E-state index in [0.29, 0.717) is 5.69 Å². The molecule has 0 bridgehead atoms. The van der Waals surface area contributed by atoms with Crippen LogP contribution in [0.5, 0.6) is 11.5 Å². The van der Waals surface area contributed by atoms with Gasteiger partial charge < -0.3 is 30.3 Å². The van der Waals surface area contributed by atoms with Crippen LogP contribution < -0.4 is 20.9 Å². The molecule has 1 aliphatic heterocycles. The van der Waals surface area contributed by atoms with E-state index in [1.165, 1.54) is 17.2 Å². The molecule has 4 N–H and O–H groups in total. The molecule has 0 saturated heterocycles. The molecular formula is C20H22ClF3N4O5. The van der Waals surface area contributed by atoms with Gasteiger partial charge in [-0.1, -0.05) is 44.5 Å². The lowest BCUT2D eigenvalue weighted by molar-refractivity contribution is -0.274. The lowest BCUT2D eigenvalue weighted by Crippen LogP contribution is -2.45. The molecular weight excluding hydrogens is 469 g/mol. The highest BCUT2D eigenvalue weighted by Gasteiger charge is 2.44. The molecule has 2 aromatic rings. The quantitative estimate of drug-likeness (QED) is 0.647. The monoisotopic (exact) mass is 490 g/mol. The third-order valence-corrected chi connectivity index (χ3v) is 5.26. The summed E-state index contributed by atoms with van der Waals surface area (Å²) in [4.78, 5) is 28.4. The molecule has 13 heteroatoms. The number of hydrogen-bond donors (Lipinski definition) is 2. The first-order valence-corrected chi connectivity index (χ1v) is 10.1. The van der Waals surface area contributed by atoms with Crippen molar-refractivity contribution in [1.82, 2.24) is 9.63 Å². The fourth-order valence-electron chi connectivity index (χ4n) is 3.90. The molecule has 1 atom stereocenters. The number of amides is 2. The Morgan fingerprint density at radius 1 is 1.12 bits per heavy atom. The number of aromatic nitrogens is 1. The van der Waals surface area contributed by atoms with Crippen LogP contribution in [-0.2, 0) is 11.4 Å². The topological polar surface area (TPSA) is 122 Å². The van der Waals surface area contributed by atoms with Gasteiger partial charge in [0.2, 0.25) is 0 Å². The van der Waals surface area contributed by atoms with Crippen molar-refractivity contribution >= 4 is 23.8 Å². The first-order chi connectivity index (χ1) is 15.2. The summed E-state index contributed by atoms with van der Waals surface area (Å²) in [6, 6.07) is 4.35. The Morgan fingerprint density at radius 3 is 2.33 bits per heavy atom. The van der Waals surface area contributed by atoms with Gasteiger partial charge in [-0.3, -0.25) is 0 Å². The Bertz CT molecular complexity index is 1080. The average molecular weight is 491 g/mol. The lowest BCUT2D eigenvalue weighted by Gasteiger charge is -2.42. The zero-order chi connectivity index (χ0) is 24.7. The van der Waals surface area contributed by atoms with Crippen LogP contribution in [0.2, 0.25) is 5.15 Å². The lowest BCUT2D eigenvalue weighted by atomic mass is 9.83. The zero-order valence-corrected chi connectivity index (χ0v) is 18.7. The normalized spacial score (nSPS) is 16.8. The van der Waals surface area contributed by atoms with Crippen LogP contribution in [0.15, 0.2) is 24.3 Å². The average Bonchev–Trinajstić information content (AvgIpc) is 2.90. The van der Waals surface area contributed by atoms with Crippen LogP contribution in [0.4, 0.5) is 22.8 Å². The Kier molecular flexibility index (Phi) is 6.44. The number of alkyl halides is 3. The summed E-state index contributed by atoms with van der Waals surface area (Å²) in [7, 11) is 0. The van der Waals surface area contributed by atoms with Gasteiger partial charge in [0.1, 0.15) is 10.9 Å². The van der Waals surface area contributed by atoms with E-state index >= 15 is 0 Å². The second kappa shape index (κ2) is 8.67. The highest BCUT2D eigenvalue weighted by Crippen LogP contribution is 2.52. The molecule has 1 aliphatic rings. The second-order valence-corrected chi connectivity index (χ2v) is 8.71. The van der Waals surface area contributed by atoms with Crippen molar-refractivity contribution in [3.05, 3.63) is 35.1 Å². The van der Waals surface area contributed by atoms with Gasteiger partial charge in [0.15, 0.2) is 5.75 Å².